The number of hydrogen-bond acceptors (Lipinski definition) is 1. The van der Waals surface area contributed by atoms with Gasteiger partial charge < -0.3 is 5.11 Å². The molecular formula is C21H30O. The molecule has 120 valence electrons. The van der Waals surface area contributed by atoms with Crippen LogP contribution in [-0.4, -0.2) is 5.11 Å². The van der Waals surface area contributed by atoms with Crippen molar-refractivity contribution in [2.75, 3.05) is 0 Å². The Hall–Kier alpha value is -1.24. The van der Waals surface area contributed by atoms with Gasteiger partial charge in [0, 0.05) is 0 Å². The van der Waals surface area contributed by atoms with Crippen molar-refractivity contribution in [2.45, 2.75) is 63.7 Å². The molecule has 3 rings (SSSR count). The van der Waals surface area contributed by atoms with Crippen molar-refractivity contribution in [1.82, 2.24) is 0 Å². The minimum atomic E-state index is 0.496. The number of phenolic OH excluding ortho intramolecular Hbond substituents is 1. The van der Waals surface area contributed by atoms with Gasteiger partial charge in [-0.25, -0.2) is 0 Å². The molecule has 0 aliphatic heterocycles. The molecule has 1 nitrogen and oxygen atoms in total. The van der Waals surface area contributed by atoms with Crippen LogP contribution in [-0.2, 0) is 0 Å². The molecule has 0 radical (unpaired) electrons. The number of phenols is 1. The predicted molar refractivity (Wildman–Crippen MR) is 93.1 cm³/mol. The Bertz CT molecular complexity index is 476. The molecule has 1 aromatic carbocycles. The van der Waals surface area contributed by atoms with E-state index in [0.29, 0.717) is 11.7 Å². The normalized spacial score (nSPS) is 32.5. The van der Waals surface area contributed by atoms with E-state index in [-0.39, 0.29) is 0 Å². The molecule has 0 heterocycles. The van der Waals surface area contributed by atoms with Crippen LogP contribution in [0.5, 0.6) is 5.75 Å². The first-order valence-electron chi connectivity index (χ1n) is 9.16. The minimum absolute atomic E-state index is 0.496. The maximum absolute atomic E-state index is 10.0. The summed E-state index contributed by atoms with van der Waals surface area (Å²) in [6.45, 7) is 3.89. The zero-order valence-corrected chi connectivity index (χ0v) is 13.7. The third-order valence-corrected chi connectivity index (χ3v) is 6.21. The van der Waals surface area contributed by atoms with Crippen LogP contribution in [0.15, 0.2) is 36.9 Å². The maximum atomic E-state index is 10.0. The van der Waals surface area contributed by atoms with Gasteiger partial charge in [0.05, 0.1) is 0 Å². The standard InChI is InChI=1S/C21H30O/c1-2-5-16-8-10-17(11-9-16)18-12-14-19(15-13-18)20-6-3-4-7-21(20)22/h2-4,6-7,16-19,22H,1,5,8-15H2. The molecule has 0 bridgehead atoms. The van der Waals surface area contributed by atoms with Crippen LogP contribution < -0.4 is 0 Å². The first kappa shape index (κ1) is 15.6. The van der Waals surface area contributed by atoms with Crippen LogP contribution in [0.1, 0.15) is 69.3 Å². The third-order valence-electron chi connectivity index (χ3n) is 6.21. The number of rotatable bonds is 4. The van der Waals surface area contributed by atoms with Crippen molar-refractivity contribution in [2.24, 2.45) is 17.8 Å². The van der Waals surface area contributed by atoms with E-state index in [9.17, 15) is 5.11 Å². The monoisotopic (exact) mass is 298 g/mol. The van der Waals surface area contributed by atoms with Gasteiger partial charge in [-0.3, -0.25) is 0 Å². The maximum Gasteiger partial charge on any atom is 0.119 e. The van der Waals surface area contributed by atoms with E-state index in [4.69, 9.17) is 0 Å². The van der Waals surface area contributed by atoms with Crippen molar-refractivity contribution < 1.29 is 5.11 Å². The first-order chi connectivity index (χ1) is 10.8. The van der Waals surface area contributed by atoms with Crippen molar-refractivity contribution in [3.05, 3.63) is 42.5 Å². The highest BCUT2D eigenvalue weighted by molar-refractivity contribution is 5.35. The molecule has 2 saturated carbocycles. The molecular weight excluding hydrogens is 268 g/mol. The number of allylic oxidation sites excluding steroid dienone is 1. The van der Waals surface area contributed by atoms with E-state index >= 15 is 0 Å². The van der Waals surface area contributed by atoms with E-state index in [0.717, 1.165) is 17.8 Å². The lowest BCUT2D eigenvalue weighted by Crippen LogP contribution is -2.25. The van der Waals surface area contributed by atoms with Gasteiger partial charge in [-0.05, 0) is 93.1 Å². The van der Waals surface area contributed by atoms with Gasteiger partial charge >= 0.3 is 0 Å². The summed E-state index contributed by atoms with van der Waals surface area (Å²) >= 11 is 0. The molecule has 0 unspecified atom stereocenters. The summed E-state index contributed by atoms with van der Waals surface area (Å²) in [5, 5.41) is 10.0. The number of para-hydroxylation sites is 1. The zero-order chi connectivity index (χ0) is 15.4. The van der Waals surface area contributed by atoms with Gasteiger partial charge in [-0.1, -0.05) is 24.3 Å². The fraction of sp³-hybridized carbons (Fsp3) is 0.619. The van der Waals surface area contributed by atoms with E-state index < -0.39 is 0 Å². The average molecular weight is 298 g/mol. The average Bonchev–Trinajstić information content (AvgIpc) is 2.57. The Kier molecular flexibility index (Phi) is 5.23. The third kappa shape index (κ3) is 3.56. The number of benzene rings is 1. The predicted octanol–water partition coefficient (Wildman–Crippen LogP) is 6.05. The topological polar surface area (TPSA) is 20.2 Å². The molecule has 2 aliphatic carbocycles. The second-order valence-electron chi connectivity index (χ2n) is 7.48. The zero-order valence-electron chi connectivity index (χ0n) is 13.7. The molecule has 0 spiro atoms. The number of hydrogen-bond donors (Lipinski definition) is 1. The van der Waals surface area contributed by atoms with Gasteiger partial charge in [-0.15, -0.1) is 6.58 Å². The second kappa shape index (κ2) is 7.35. The van der Waals surface area contributed by atoms with Crippen LogP contribution in [0, 0.1) is 17.8 Å². The Morgan fingerprint density at radius 1 is 0.909 bits per heavy atom. The molecule has 0 saturated heterocycles. The van der Waals surface area contributed by atoms with E-state index in [1.807, 2.05) is 12.1 Å². The van der Waals surface area contributed by atoms with Crippen molar-refractivity contribution in [1.29, 1.82) is 0 Å². The van der Waals surface area contributed by atoms with E-state index in [1.54, 1.807) is 0 Å². The first-order valence-corrected chi connectivity index (χ1v) is 9.16. The molecule has 0 atom stereocenters. The van der Waals surface area contributed by atoms with Gasteiger partial charge in [0.15, 0.2) is 0 Å². The molecule has 1 heteroatoms. The highest BCUT2D eigenvalue weighted by Crippen LogP contribution is 2.45. The summed E-state index contributed by atoms with van der Waals surface area (Å²) in [7, 11) is 0. The fourth-order valence-electron chi connectivity index (χ4n) is 4.87. The highest BCUT2D eigenvalue weighted by Gasteiger charge is 2.31. The summed E-state index contributed by atoms with van der Waals surface area (Å²) in [5.74, 6) is 3.88. The summed E-state index contributed by atoms with van der Waals surface area (Å²) in [6, 6.07) is 7.93. The highest BCUT2D eigenvalue weighted by atomic mass is 16.3. The Labute approximate surface area is 135 Å². The quantitative estimate of drug-likeness (QED) is 0.671. The lowest BCUT2D eigenvalue weighted by atomic mass is 9.68. The fourth-order valence-corrected chi connectivity index (χ4v) is 4.87. The van der Waals surface area contributed by atoms with Crippen LogP contribution in [0.4, 0.5) is 0 Å². The minimum Gasteiger partial charge on any atom is -0.508 e. The molecule has 2 fully saturated rings. The summed E-state index contributed by atoms with van der Waals surface area (Å²) in [6.07, 6.45) is 14.2. The number of aromatic hydroxyl groups is 1. The van der Waals surface area contributed by atoms with Crippen LogP contribution in [0.3, 0.4) is 0 Å². The van der Waals surface area contributed by atoms with Crippen LogP contribution >= 0.6 is 0 Å². The SMILES string of the molecule is C=CCC1CCC(C2CCC(c3ccccc3O)CC2)CC1. The van der Waals surface area contributed by atoms with Gasteiger partial charge in [0.25, 0.3) is 0 Å². The molecule has 0 aromatic heterocycles. The van der Waals surface area contributed by atoms with E-state index in [1.165, 1.54) is 63.4 Å². The lowest BCUT2D eigenvalue weighted by molar-refractivity contribution is 0.160. The molecule has 1 aromatic rings. The molecule has 0 amide bonds. The second-order valence-corrected chi connectivity index (χ2v) is 7.48. The van der Waals surface area contributed by atoms with Crippen LogP contribution in [0.2, 0.25) is 0 Å². The van der Waals surface area contributed by atoms with Crippen molar-refractivity contribution >= 4 is 0 Å². The van der Waals surface area contributed by atoms with Crippen molar-refractivity contribution in [3.63, 3.8) is 0 Å². The smallest absolute Gasteiger partial charge is 0.119 e. The Morgan fingerprint density at radius 3 is 2.09 bits per heavy atom. The molecule has 22 heavy (non-hydrogen) atoms. The van der Waals surface area contributed by atoms with E-state index in [2.05, 4.69) is 24.8 Å². The lowest BCUT2D eigenvalue weighted by Gasteiger charge is -2.38. The van der Waals surface area contributed by atoms with Crippen molar-refractivity contribution in [3.8, 4) is 5.75 Å². The van der Waals surface area contributed by atoms with Gasteiger partial charge in [0.1, 0.15) is 5.75 Å². The largest absolute Gasteiger partial charge is 0.508 e. The Morgan fingerprint density at radius 2 is 1.50 bits per heavy atom. The van der Waals surface area contributed by atoms with Gasteiger partial charge in [-0.2, -0.15) is 0 Å². The van der Waals surface area contributed by atoms with Crippen LogP contribution in [0.25, 0.3) is 0 Å². The Balaban J connectivity index is 1.50. The van der Waals surface area contributed by atoms with Gasteiger partial charge in [0.2, 0.25) is 0 Å². The molecule has 2 aliphatic rings. The molecule has 1 N–H and O–H groups in total. The summed E-state index contributed by atoms with van der Waals surface area (Å²) < 4.78 is 0. The summed E-state index contributed by atoms with van der Waals surface area (Å²) in [4.78, 5) is 0. The summed E-state index contributed by atoms with van der Waals surface area (Å²) in [5.41, 5.74) is 1.18.